The highest BCUT2D eigenvalue weighted by Gasteiger charge is 2.40. The van der Waals surface area contributed by atoms with E-state index < -0.39 is 12.0 Å². The first-order valence-corrected chi connectivity index (χ1v) is 5.71. The first-order chi connectivity index (χ1) is 8.95. The smallest absolute Gasteiger partial charge is 0.454 e. The Labute approximate surface area is 107 Å². The van der Waals surface area contributed by atoms with Crippen molar-refractivity contribution in [1.82, 2.24) is 0 Å². The summed E-state index contributed by atoms with van der Waals surface area (Å²) >= 11 is 0. The fourth-order valence-corrected chi connectivity index (χ4v) is 1.90. The van der Waals surface area contributed by atoms with Crippen molar-refractivity contribution < 1.29 is 22.7 Å². The van der Waals surface area contributed by atoms with Gasteiger partial charge in [-0.15, -0.1) is 0 Å². The van der Waals surface area contributed by atoms with Crippen molar-refractivity contribution in [2.45, 2.75) is 13.1 Å². The Bertz CT molecular complexity index is 618. The van der Waals surface area contributed by atoms with Gasteiger partial charge in [0.2, 0.25) is 0 Å². The Morgan fingerprint density at radius 1 is 1.11 bits per heavy atom. The normalized spacial score (nSPS) is 11.6. The van der Waals surface area contributed by atoms with Gasteiger partial charge in [0.25, 0.3) is 5.78 Å². The van der Waals surface area contributed by atoms with E-state index in [1.54, 1.807) is 25.1 Å². The fourth-order valence-electron chi connectivity index (χ4n) is 1.90. The number of fused-ring (bicyclic) bond motifs is 1. The first kappa shape index (κ1) is 13.4. The number of ether oxygens (including phenoxy) is 1. The third kappa shape index (κ3) is 2.54. The predicted molar refractivity (Wildman–Crippen MR) is 65.5 cm³/mol. The van der Waals surface area contributed by atoms with Crippen LogP contribution in [0.25, 0.3) is 10.8 Å². The Morgan fingerprint density at radius 2 is 1.74 bits per heavy atom. The van der Waals surface area contributed by atoms with Crippen molar-refractivity contribution in [1.29, 1.82) is 0 Å². The van der Waals surface area contributed by atoms with Crippen molar-refractivity contribution in [2.75, 3.05) is 6.61 Å². The lowest BCUT2D eigenvalue weighted by atomic mass is 10.0. The molecule has 5 heteroatoms. The van der Waals surface area contributed by atoms with Crippen LogP contribution in [0, 0.1) is 0 Å². The zero-order valence-corrected chi connectivity index (χ0v) is 10.1. The number of benzene rings is 2. The quantitative estimate of drug-likeness (QED) is 0.787. The Kier molecular flexibility index (Phi) is 3.46. The first-order valence-electron chi connectivity index (χ1n) is 5.71. The minimum absolute atomic E-state index is 0.246. The minimum Gasteiger partial charge on any atom is -0.493 e. The summed E-state index contributed by atoms with van der Waals surface area (Å²) in [7, 11) is 0. The molecule has 0 N–H and O–H groups in total. The number of halogens is 3. The van der Waals surface area contributed by atoms with Gasteiger partial charge in [0, 0.05) is 10.9 Å². The van der Waals surface area contributed by atoms with Gasteiger partial charge in [0.05, 0.1) is 6.61 Å². The van der Waals surface area contributed by atoms with Crippen LogP contribution in [0.15, 0.2) is 36.4 Å². The number of hydrogen-bond donors (Lipinski definition) is 0. The number of Topliss-reactive ketones (excluding diaryl/α,β-unsaturated/α-hetero) is 1. The molecule has 0 bridgehead atoms. The van der Waals surface area contributed by atoms with Crippen LogP contribution in [-0.4, -0.2) is 18.6 Å². The van der Waals surface area contributed by atoms with Crippen LogP contribution < -0.4 is 4.74 Å². The maximum atomic E-state index is 12.5. The van der Waals surface area contributed by atoms with Crippen molar-refractivity contribution in [3.8, 4) is 5.75 Å². The zero-order chi connectivity index (χ0) is 14.0. The summed E-state index contributed by atoms with van der Waals surface area (Å²) < 4.78 is 42.9. The van der Waals surface area contributed by atoms with Crippen LogP contribution in [-0.2, 0) is 0 Å². The summed E-state index contributed by atoms with van der Waals surface area (Å²) in [6, 6.07) is 8.94. The van der Waals surface area contributed by atoms with Crippen molar-refractivity contribution >= 4 is 16.6 Å². The summed E-state index contributed by atoms with van der Waals surface area (Å²) in [4.78, 5) is 11.4. The average Bonchev–Trinajstić information content (AvgIpc) is 2.37. The van der Waals surface area contributed by atoms with Gasteiger partial charge in [-0.1, -0.05) is 24.3 Å². The Hall–Kier alpha value is -2.04. The topological polar surface area (TPSA) is 26.3 Å². The molecule has 0 saturated heterocycles. The molecule has 0 saturated carbocycles. The summed E-state index contributed by atoms with van der Waals surface area (Å²) in [5, 5.41) is 0.746. The van der Waals surface area contributed by atoms with E-state index in [0.717, 1.165) is 6.07 Å². The number of rotatable bonds is 3. The van der Waals surface area contributed by atoms with Crippen LogP contribution in [0.3, 0.4) is 0 Å². The highest BCUT2D eigenvalue weighted by molar-refractivity contribution is 6.11. The van der Waals surface area contributed by atoms with E-state index in [9.17, 15) is 18.0 Å². The summed E-state index contributed by atoms with van der Waals surface area (Å²) in [5.74, 6) is -1.37. The van der Waals surface area contributed by atoms with Crippen LogP contribution in [0.5, 0.6) is 5.75 Å². The molecule has 0 unspecified atom stereocenters. The third-order valence-corrected chi connectivity index (χ3v) is 2.69. The summed E-state index contributed by atoms with van der Waals surface area (Å²) in [6.07, 6.45) is -4.88. The third-order valence-electron chi connectivity index (χ3n) is 2.69. The van der Waals surface area contributed by atoms with Crippen LogP contribution in [0.4, 0.5) is 13.2 Å². The second-order valence-corrected chi connectivity index (χ2v) is 3.92. The molecule has 2 rings (SSSR count). The lowest BCUT2D eigenvalue weighted by Crippen LogP contribution is -2.23. The van der Waals surface area contributed by atoms with E-state index in [4.69, 9.17) is 4.74 Å². The molecule has 0 aliphatic heterocycles. The Morgan fingerprint density at radius 3 is 2.32 bits per heavy atom. The zero-order valence-electron chi connectivity index (χ0n) is 10.1. The number of carbonyl (C=O) groups is 1. The molecule has 0 aliphatic rings. The van der Waals surface area contributed by atoms with Gasteiger partial charge < -0.3 is 4.74 Å². The summed E-state index contributed by atoms with van der Waals surface area (Å²) in [6.45, 7) is 2.18. The highest BCUT2D eigenvalue weighted by atomic mass is 19.4. The molecule has 2 nitrogen and oxygen atoms in total. The van der Waals surface area contributed by atoms with E-state index in [-0.39, 0.29) is 10.9 Å². The molecular weight excluding hydrogens is 257 g/mol. The van der Waals surface area contributed by atoms with Crippen molar-refractivity contribution in [3.05, 3.63) is 42.0 Å². The minimum atomic E-state index is -4.88. The van der Waals surface area contributed by atoms with E-state index >= 15 is 0 Å². The molecule has 0 atom stereocenters. The van der Waals surface area contributed by atoms with Gasteiger partial charge in [-0.2, -0.15) is 13.2 Å². The van der Waals surface area contributed by atoms with Crippen molar-refractivity contribution in [2.24, 2.45) is 0 Å². The van der Waals surface area contributed by atoms with Crippen LogP contribution in [0.1, 0.15) is 17.3 Å². The molecule has 0 aromatic heterocycles. The van der Waals surface area contributed by atoms with Gasteiger partial charge in [0.15, 0.2) is 0 Å². The van der Waals surface area contributed by atoms with E-state index in [0.29, 0.717) is 17.7 Å². The van der Waals surface area contributed by atoms with E-state index in [1.165, 1.54) is 12.1 Å². The Balaban J connectivity index is 2.65. The van der Waals surface area contributed by atoms with Gasteiger partial charge >= 0.3 is 6.18 Å². The van der Waals surface area contributed by atoms with Crippen molar-refractivity contribution in [3.63, 3.8) is 0 Å². The second kappa shape index (κ2) is 4.91. The molecule has 0 radical (unpaired) electrons. The van der Waals surface area contributed by atoms with E-state index in [2.05, 4.69) is 0 Å². The lowest BCUT2D eigenvalue weighted by molar-refractivity contribution is -0.0884. The molecular formula is C14H11F3O2. The highest BCUT2D eigenvalue weighted by Crippen LogP contribution is 2.32. The molecule has 19 heavy (non-hydrogen) atoms. The SMILES string of the molecule is CCOc1ccc(C(=O)C(F)(F)F)c2ccccc12. The van der Waals surface area contributed by atoms with E-state index in [1.807, 2.05) is 0 Å². The van der Waals surface area contributed by atoms with Gasteiger partial charge in [0.1, 0.15) is 5.75 Å². The molecule has 0 spiro atoms. The second-order valence-electron chi connectivity index (χ2n) is 3.92. The molecule has 2 aromatic rings. The molecule has 0 aliphatic carbocycles. The predicted octanol–water partition coefficient (Wildman–Crippen LogP) is 3.98. The fraction of sp³-hybridized carbons (Fsp3) is 0.214. The van der Waals surface area contributed by atoms with Crippen LogP contribution >= 0.6 is 0 Å². The molecule has 100 valence electrons. The number of hydrogen-bond acceptors (Lipinski definition) is 2. The maximum Gasteiger partial charge on any atom is 0.454 e. The lowest BCUT2D eigenvalue weighted by Gasteiger charge is -2.12. The molecule has 0 fully saturated rings. The monoisotopic (exact) mass is 268 g/mol. The largest absolute Gasteiger partial charge is 0.493 e. The molecule has 2 aromatic carbocycles. The van der Waals surface area contributed by atoms with Crippen LogP contribution in [0.2, 0.25) is 0 Å². The molecule has 0 amide bonds. The van der Waals surface area contributed by atoms with Gasteiger partial charge in [-0.05, 0) is 24.4 Å². The van der Waals surface area contributed by atoms with Gasteiger partial charge in [-0.3, -0.25) is 4.79 Å². The standard InChI is InChI=1S/C14H11F3O2/c1-2-19-12-8-7-11(13(18)14(15,16)17)9-5-3-4-6-10(9)12/h3-8H,2H2,1H3. The molecule has 0 heterocycles. The number of ketones is 1. The van der Waals surface area contributed by atoms with Gasteiger partial charge in [-0.25, -0.2) is 0 Å². The number of alkyl halides is 3. The average molecular weight is 268 g/mol. The summed E-state index contributed by atoms with van der Waals surface area (Å²) in [5.41, 5.74) is -0.355. The number of carbonyl (C=O) groups excluding carboxylic acids is 1. The maximum absolute atomic E-state index is 12.5.